The number of nitrogens with zero attached hydrogens (tertiary/aromatic N) is 1. The fourth-order valence-corrected chi connectivity index (χ4v) is 4.36. The smallest absolute Gasteiger partial charge is 0.262 e. The maximum atomic E-state index is 12.7. The Hall–Kier alpha value is -3.03. The first kappa shape index (κ1) is 23.6. The lowest BCUT2D eigenvalue weighted by molar-refractivity contribution is -0.385. The van der Waals surface area contributed by atoms with Crippen molar-refractivity contribution in [2.45, 2.75) is 51.0 Å². The van der Waals surface area contributed by atoms with Crippen LogP contribution in [0.1, 0.15) is 54.0 Å². The van der Waals surface area contributed by atoms with Crippen LogP contribution < -0.4 is 0 Å². The molecule has 0 radical (unpaired) electrons. The van der Waals surface area contributed by atoms with Crippen molar-refractivity contribution < 1.29 is 17.5 Å². The van der Waals surface area contributed by atoms with E-state index in [2.05, 4.69) is 13.8 Å². The summed E-state index contributed by atoms with van der Waals surface area (Å²) < 4.78 is 30.7. The Balaban J connectivity index is 1.79. The van der Waals surface area contributed by atoms with Crippen LogP contribution in [0.2, 0.25) is 0 Å². The van der Waals surface area contributed by atoms with Crippen LogP contribution in [0.4, 0.5) is 5.69 Å². The summed E-state index contributed by atoms with van der Waals surface area (Å²) in [5.74, 6) is 0.352. The number of rotatable bonds is 9. The van der Waals surface area contributed by atoms with Gasteiger partial charge in [0.1, 0.15) is 0 Å². The van der Waals surface area contributed by atoms with E-state index >= 15 is 0 Å². The second-order valence-electron chi connectivity index (χ2n) is 7.93. The van der Waals surface area contributed by atoms with E-state index in [4.69, 9.17) is 4.18 Å². The minimum absolute atomic E-state index is 0.0507. The number of nitro benzene ring substituents is 1. The molecule has 0 bridgehead atoms. The summed E-state index contributed by atoms with van der Waals surface area (Å²) in [4.78, 5) is 11.2. The van der Waals surface area contributed by atoms with E-state index in [0.717, 1.165) is 23.1 Å². The van der Waals surface area contributed by atoms with Gasteiger partial charge in [0.25, 0.3) is 15.8 Å². The van der Waals surface area contributed by atoms with Gasteiger partial charge in [0, 0.05) is 18.1 Å². The van der Waals surface area contributed by atoms with E-state index in [0.29, 0.717) is 23.5 Å². The van der Waals surface area contributed by atoms with E-state index in [1.165, 1.54) is 0 Å². The number of aryl methyl sites for hydroxylation is 1. The van der Waals surface area contributed by atoms with Gasteiger partial charge in [0.2, 0.25) is 0 Å². The summed E-state index contributed by atoms with van der Waals surface area (Å²) >= 11 is 0. The van der Waals surface area contributed by atoms with Crippen LogP contribution >= 0.6 is 0 Å². The highest BCUT2D eigenvalue weighted by atomic mass is 32.2. The van der Waals surface area contributed by atoms with Crippen LogP contribution in [-0.4, -0.2) is 13.3 Å². The molecule has 0 heterocycles. The van der Waals surface area contributed by atoms with Crippen molar-refractivity contribution >= 4 is 15.8 Å². The van der Waals surface area contributed by atoms with Crippen molar-refractivity contribution in [3.05, 3.63) is 105 Å². The molecular weight excluding hydrogens is 426 g/mol. The molecule has 32 heavy (non-hydrogen) atoms. The minimum atomic E-state index is -3.93. The lowest BCUT2D eigenvalue weighted by atomic mass is 9.98. The zero-order valence-corrected chi connectivity index (χ0v) is 19.3. The van der Waals surface area contributed by atoms with Gasteiger partial charge in [-0.15, -0.1) is 0 Å². The average molecular weight is 454 g/mol. The van der Waals surface area contributed by atoms with Crippen molar-refractivity contribution in [3.63, 3.8) is 0 Å². The quantitative estimate of drug-likeness (QED) is 0.228. The number of benzene rings is 3. The zero-order chi connectivity index (χ0) is 23.3. The normalized spacial score (nSPS) is 12.5. The summed E-state index contributed by atoms with van der Waals surface area (Å²) in [7, 11) is -3.93. The molecule has 3 aromatic rings. The Labute approximate surface area is 189 Å². The molecule has 0 saturated heterocycles. The van der Waals surface area contributed by atoms with Gasteiger partial charge in [0.15, 0.2) is 0 Å². The Morgan fingerprint density at radius 2 is 1.62 bits per heavy atom. The third-order valence-corrected chi connectivity index (χ3v) is 6.93. The monoisotopic (exact) mass is 453 g/mol. The summed E-state index contributed by atoms with van der Waals surface area (Å²) in [6.45, 7) is 5.83. The fourth-order valence-electron chi connectivity index (χ4n) is 3.48. The predicted octanol–water partition coefficient (Wildman–Crippen LogP) is 5.91. The van der Waals surface area contributed by atoms with E-state index < -0.39 is 15.0 Å². The van der Waals surface area contributed by atoms with Crippen molar-refractivity contribution in [1.82, 2.24) is 0 Å². The van der Waals surface area contributed by atoms with Gasteiger partial charge in [-0.2, -0.15) is 8.42 Å². The highest BCUT2D eigenvalue weighted by Crippen LogP contribution is 2.26. The highest BCUT2D eigenvalue weighted by molar-refractivity contribution is 7.86. The summed E-state index contributed by atoms with van der Waals surface area (Å²) in [5.41, 5.74) is 3.95. The Morgan fingerprint density at radius 3 is 2.25 bits per heavy atom. The molecule has 7 heteroatoms. The first-order chi connectivity index (χ1) is 15.2. The molecule has 1 atom stereocenters. The summed E-state index contributed by atoms with van der Waals surface area (Å²) in [6, 6.07) is 19.1. The minimum Gasteiger partial charge on any atom is -0.262 e. The molecule has 1 unspecified atom stereocenters. The molecule has 0 spiro atoms. The second-order valence-corrected chi connectivity index (χ2v) is 9.54. The van der Waals surface area contributed by atoms with Crippen LogP contribution in [0.15, 0.2) is 71.6 Å². The molecule has 3 aromatic carbocycles. The summed E-state index contributed by atoms with van der Waals surface area (Å²) in [6.07, 6.45) is 1.28. The van der Waals surface area contributed by atoms with E-state index in [1.54, 1.807) is 43.3 Å². The average Bonchev–Trinajstić information content (AvgIpc) is 2.79. The van der Waals surface area contributed by atoms with Crippen LogP contribution in [0.25, 0.3) is 0 Å². The lowest BCUT2D eigenvalue weighted by Crippen LogP contribution is -2.08. The van der Waals surface area contributed by atoms with Crippen LogP contribution in [-0.2, 0) is 27.3 Å². The molecular formula is C25H27NO5S. The standard InChI is InChI=1S/C25H27NO5S/c1-4-19(3)20-11-13-24(14-12-20)32(29,30)31-17-23-8-6-5-7-21(23)16-22-10-9-18(2)15-25(22)26(27)28/h5-15,19H,4,16-17H2,1-3H3. The highest BCUT2D eigenvalue weighted by Gasteiger charge is 2.19. The molecule has 0 aromatic heterocycles. The fraction of sp³-hybridized carbons (Fsp3) is 0.280. The van der Waals surface area contributed by atoms with Gasteiger partial charge in [-0.3, -0.25) is 14.3 Å². The Kier molecular flexibility index (Phi) is 7.43. The first-order valence-electron chi connectivity index (χ1n) is 10.5. The van der Waals surface area contributed by atoms with Gasteiger partial charge in [0.05, 0.1) is 16.4 Å². The largest absolute Gasteiger partial charge is 0.297 e. The molecule has 0 fully saturated rings. The van der Waals surface area contributed by atoms with E-state index in [1.807, 2.05) is 30.3 Å². The summed E-state index contributed by atoms with van der Waals surface area (Å²) in [5, 5.41) is 11.4. The van der Waals surface area contributed by atoms with Crippen molar-refractivity contribution in [2.75, 3.05) is 0 Å². The molecule has 6 nitrogen and oxygen atoms in total. The molecule has 0 aliphatic rings. The molecule has 3 rings (SSSR count). The molecule has 0 saturated carbocycles. The van der Waals surface area contributed by atoms with Gasteiger partial charge >= 0.3 is 0 Å². The van der Waals surface area contributed by atoms with Crippen molar-refractivity contribution in [2.24, 2.45) is 0 Å². The van der Waals surface area contributed by atoms with Gasteiger partial charge in [-0.25, -0.2) is 0 Å². The third kappa shape index (κ3) is 5.60. The molecule has 0 N–H and O–H groups in total. The maximum absolute atomic E-state index is 12.7. The molecule has 0 aliphatic heterocycles. The van der Waals surface area contributed by atoms with E-state index in [-0.39, 0.29) is 17.2 Å². The first-order valence-corrected chi connectivity index (χ1v) is 11.9. The lowest BCUT2D eigenvalue weighted by Gasteiger charge is -2.12. The number of hydrogen-bond donors (Lipinski definition) is 0. The van der Waals surface area contributed by atoms with Crippen LogP contribution in [0.3, 0.4) is 0 Å². The van der Waals surface area contributed by atoms with Crippen LogP contribution in [0, 0.1) is 17.0 Å². The number of nitro groups is 1. The van der Waals surface area contributed by atoms with E-state index in [9.17, 15) is 18.5 Å². The number of hydrogen-bond acceptors (Lipinski definition) is 5. The van der Waals surface area contributed by atoms with Gasteiger partial charge < -0.3 is 0 Å². The Bertz CT molecular complexity index is 1200. The topological polar surface area (TPSA) is 86.5 Å². The third-order valence-electron chi connectivity index (χ3n) is 5.66. The SMILES string of the molecule is CCC(C)c1ccc(S(=O)(=O)OCc2ccccc2Cc2ccc(C)cc2[N+](=O)[O-])cc1. The van der Waals surface area contributed by atoms with Crippen LogP contribution in [0.5, 0.6) is 0 Å². The van der Waals surface area contributed by atoms with Gasteiger partial charge in [-0.1, -0.05) is 62.4 Å². The zero-order valence-electron chi connectivity index (χ0n) is 18.4. The second kappa shape index (κ2) is 10.1. The predicted molar refractivity (Wildman–Crippen MR) is 124 cm³/mol. The maximum Gasteiger partial charge on any atom is 0.297 e. The van der Waals surface area contributed by atoms with Crippen molar-refractivity contribution in [1.29, 1.82) is 0 Å². The van der Waals surface area contributed by atoms with Gasteiger partial charge in [-0.05, 0) is 53.6 Å². The van der Waals surface area contributed by atoms with Crippen molar-refractivity contribution in [3.8, 4) is 0 Å². The molecule has 0 amide bonds. The molecule has 0 aliphatic carbocycles. The Morgan fingerprint density at radius 1 is 0.969 bits per heavy atom. The molecule has 168 valence electrons.